The molecule has 0 bridgehead atoms. The monoisotopic (exact) mass is 599 g/mol. The molecule has 182 valence electrons. The highest BCUT2D eigenvalue weighted by atomic mass is 79.9. The van der Waals surface area contributed by atoms with Crippen LogP contribution < -0.4 is 10.2 Å². The van der Waals surface area contributed by atoms with Crippen LogP contribution in [0.25, 0.3) is 0 Å². The molecule has 0 aromatic heterocycles. The van der Waals surface area contributed by atoms with E-state index in [1.54, 1.807) is 42.5 Å². The normalized spacial score (nSPS) is 16.6. The largest absolute Gasteiger partial charge is 0.351 e. The number of nitrogens with zero attached hydrogens (tertiary/aromatic N) is 2. The lowest BCUT2D eigenvalue weighted by atomic mass is 10.1. The third-order valence-electron chi connectivity index (χ3n) is 5.55. The molecule has 1 atom stereocenters. The van der Waals surface area contributed by atoms with Crippen molar-refractivity contribution < 1.29 is 9.59 Å². The van der Waals surface area contributed by atoms with Gasteiger partial charge < -0.3 is 5.32 Å². The van der Waals surface area contributed by atoms with E-state index < -0.39 is 11.2 Å². The Hall–Kier alpha value is -2.76. The highest BCUT2D eigenvalue weighted by Crippen LogP contribution is 2.42. The average Bonchev–Trinajstić information content (AvgIpc) is 3.18. The standard InChI is InChI=1S/C27H20BrCl2N3O2S/c28-19-6-9-21(10-7-19)33-26(35)24(15-18-14-20(29)8-11-23(18)30)36-27(33)22(16-31)25(34)32-13-12-17-4-2-1-3-5-17/h1-11,14,24H,12-13,15H2,(H,32,34)/b27-22-. The van der Waals surface area contributed by atoms with Gasteiger partial charge in [-0.2, -0.15) is 5.26 Å². The molecule has 1 fully saturated rings. The smallest absolute Gasteiger partial charge is 0.264 e. The summed E-state index contributed by atoms with van der Waals surface area (Å²) in [6.07, 6.45) is 0.923. The van der Waals surface area contributed by atoms with Crippen LogP contribution in [0.4, 0.5) is 5.69 Å². The second-order valence-corrected chi connectivity index (χ2v) is 10.9. The van der Waals surface area contributed by atoms with Gasteiger partial charge in [0.15, 0.2) is 0 Å². The fourth-order valence-corrected chi connectivity index (χ4v) is 5.71. The Labute approximate surface area is 232 Å². The molecule has 1 aliphatic heterocycles. The van der Waals surface area contributed by atoms with Crippen LogP contribution in [0.2, 0.25) is 10.0 Å². The number of halogens is 3. The van der Waals surface area contributed by atoms with Crippen LogP contribution in [0.1, 0.15) is 11.1 Å². The van der Waals surface area contributed by atoms with Crippen molar-refractivity contribution in [2.24, 2.45) is 0 Å². The minimum atomic E-state index is -0.583. The Kier molecular flexibility index (Phi) is 8.76. The third-order valence-corrected chi connectivity index (χ3v) is 7.94. The zero-order valence-electron chi connectivity index (χ0n) is 18.9. The second kappa shape index (κ2) is 12.0. The van der Waals surface area contributed by atoms with Crippen LogP contribution >= 0.6 is 50.9 Å². The number of anilines is 1. The van der Waals surface area contributed by atoms with Gasteiger partial charge in [-0.05, 0) is 66.4 Å². The molecule has 5 nitrogen and oxygen atoms in total. The van der Waals surface area contributed by atoms with Crippen molar-refractivity contribution in [2.45, 2.75) is 18.1 Å². The van der Waals surface area contributed by atoms with Crippen LogP contribution in [-0.4, -0.2) is 23.6 Å². The fraction of sp³-hybridized carbons (Fsp3) is 0.148. The Morgan fingerprint density at radius 1 is 1.08 bits per heavy atom. The molecule has 2 amide bonds. The SMILES string of the molecule is N#C/C(C(=O)NCCc1ccccc1)=C1/SC(Cc2cc(Cl)ccc2Cl)C(=O)N1c1ccc(Br)cc1. The van der Waals surface area contributed by atoms with E-state index in [0.29, 0.717) is 40.1 Å². The molecular weight excluding hydrogens is 581 g/mol. The Bertz CT molecular complexity index is 1360. The molecule has 0 radical (unpaired) electrons. The van der Waals surface area contributed by atoms with Gasteiger partial charge in [0.1, 0.15) is 16.7 Å². The number of hydrogen-bond acceptors (Lipinski definition) is 4. The Morgan fingerprint density at radius 2 is 1.81 bits per heavy atom. The maximum Gasteiger partial charge on any atom is 0.264 e. The molecule has 1 saturated heterocycles. The summed E-state index contributed by atoms with van der Waals surface area (Å²) in [5.74, 6) is -0.759. The predicted molar refractivity (Wildman–Crippen MR) is 149 cm³/mol. The van der Waals surface area contributed by atoms with E-state index in [4.69, 9.17) is 23.2 Å². The molecule has 0 aliphatic carbocycles. The molecular formula is C27H20BrCl2N3O2S. The van der Waals surface area contributed by atoms with Crippen molar-refractivity contribution in [3.63, 3.8) is 0 Å². The number of nitrogens with one attached hydrogen (secondary N) is 1. The van der Waals surface area contributed by atoms with Crippen LogP contribution in [0, 0.1) is 11.3 Å². The second-order valence-electron chi connectivity index (χ2n) is 7.98. The molecule has 1 unspecified atom stereocenters. The molecule has 4 rings (SSSR count). The van der Waals surface area contributed by atoms with E-state index in [-0.39, 0.29) is 11.5 Å². The summed E-state index contributed by atoms with van der Waals surface area (Å²) >= 11 is 17.1. The molecule has 3 aromatic rings. The van der Waals surface area contributed by atoms with E-state index in [1.807, 2.05) is 36.4 Å². The van der Waals surface area contributed by atoms with Gasteiger partial charge >= 0.3 is 0 Å². The van der Waals surface area contributed by atoms with Gasteiger partial charge in [-0.25, -0.2) is 0 Å². The third kappa shape index (κ3) is 6.13. The molecule has 36 heavy (non-hydrogen) atoms. The minimum Gasteiger partial charge on any atom is -0.351 e. The van der Waals surface area contributed by atoms with Gasteiger partial charge in [0.05, 0.1) is 5.25 Å². The summed E-state index contributed by atoms with van der Waals surface area (Å²) in [5.41, 5.74) is 2.25. The Morgan fingerprint density at radius 3 is 2.50 bits per heavy atom. The zero-order chi connectivity index (χ0) is 25.7. The number of thioether (sulfide) groups is 1. The number of rotatable bonds is 7. The van der Waals surface area contributed by atoms with E-state index in [1.165, 1.54) is 16.7 Å². The van der Waals surface area contributed by atoms with E-state index in [2.05, 4.69) is 21.2 Å². The first-order chi connectivity index (χ1) is 17.4. The molecule has 1 heterocycles. The number of benzene rings is 3. The van der Waals surface area contributed by atoms with Gasteiger partial charge in [-0.1, -0.05) is 81.2 Å². The Balaban J connectivity index is 1.64. The van der Waals surface area contributed by atoms with Crippen LogP contribution in [0.15, 0.2) is 87.9 Å². The lowest BCUT2D eigenvalue weighted by Crippen LogP contribution is -2.32. The molecule has 0 saturated carbocycles. The fourth-order valence-electron chi connectivity index (χ4n) is 3.76. The molecule has 1 aliphatic rings. The predicted octanol–water partition coefficient (Wildman–Crippen LogP) is 6.54. The summed E-state index contributed by atoms with van der Waals surface area (Å²) in [6, 6.07) is 24.0. The van der Waals surface area contributed by atoms with Crippen molar-refractivity contribution in [3.05, 3.63) is 109 Å². The summed E-state index contributed by atoms with van der Waals surface area (Å²) in [5, 5.41) is 13.5. The van der Waals surface area contributed by atoms with E-state index in [0.717, 1.165) is 15.6 Å². The maximum atomic E-state index is 13.6. The van der Waals surface area contributed by atoms with Gasteiger partial charge in [0.25, 0.3) is 5.91 Å². The lowest BCUT2D eigenvalue weighted by Gasteiger charge is -2.19. The number of amides is 2. The molecule has 3 aromatic carbocycles. The number of hydrogen-bond donors (Lipinski definition) is 1. The summed E-state index contributed by atoms with van der Waals surface area (Å²) in [6.45, 7) is 0.361. The quantitative estimate of drug-likeness (QED) is 0.247. The van der Waals surface area contributed by atoms with Crippen molar-refractivity contribution >= 4 is 68.4 Å². The number of carbonyl (C=O) groups is 2. The summed E-state index contributed by atoms with van der Waals surface area (Å²) < 4.78 is 0.845. The minimum absolute atomic E-state index is 0.107. The van der Waals surface area contributed by atoms with Crippen LogP contribution in [0.3, 0.4) is 0 Å². The first-order valence-corrected chi connectivity index (χ1v) is 13.5. The van der Waals surface area contributed by atoms with Crippen LogP contribution in [-0.2, 0) is 22.4 Å². The highest BCUT2D eigenvalue weighted by molar-refractivity contribution is 9.10. The first-order valence-electron chi connectivity index (χ1n) is 11.0. The zero-order valence-corrected chi connectivity index (χ0v) is 22.8. The van der Waals surface area contributed by atoms with Gasteiger partial charge in [0.2, 0.25) is 5.91 Å². The average molecular weight is 601 g/mol. The maximum absolute atomic E-state index is 13.6. The van der Waals surface area contributed by atoms with Crippen molar-refractivity contribution in [2.75, 3.05) is 11.4 Å². The van der Waals surface area contributed by atoms with Gasteiger partial charge in [-0.3, -0.25) is 14.5 Å². The lowest BCUT2D eigenvalue weighted by molar-refractivity contribution is -0.117. The topological polar surface area (TPSA) is 73.2 Å². The first kappa shape index (κ1) is 26.3. The number of nitriles is 1. The van der Waals surface area contributed by atoms with Crippen molar-refractivity contribution in [1.29, 1.82) is 5.26 Å². The summed E-state index contributed by atoms with van der Waals surface area (Å²) in [4.78, 5) is 28.1. The van der Waals surface area contributed by atoms with Crippen molar-refractivity contribution in [1.82, 2.24) is 5.32 Å². The van der Waals surface area contributed by atoms with Gasteiger partial charge in [0, 0.05) is 26.8 Å². The molecule has 0 spiro atoms. The number of carbonyl (C=O) groups excluding carboxylic acids is 2. The van der Waals surface area contributed by atoms with Crippen LogP contribution in [0.5, 0.6) is 0 Å². The van der Waals surface area contributed by atoms with Crippen molar-refractivity contribution in [3.8, 4) is 6.07 Å². The van der Waals surface area contributed by atoms with Gasteiger partial charge in [-0.15, -0.1) is 0 Å². The molecule has 1 N–H and O–H groups in total. The van der Waals surface area contributed by atoms with E-state index >= 15 is 0 Å². The summed E-state index contributed by atoms with van der Waals surface area (Å²) in [7, 11) is 0. The van der Waals surface area contributed by atoms with E-state index in [9.17, 15) is 14.9 Å². The highest BCUT2D eigenvalue weighted by Gasteiger charge is 2.41. The molecule has 9 heteroatoms.